The first-order valence-electron chi connectivity index (χ1n) is 9.24. The summed E-state index contributed by atoms with van der Waals surface area (Å²) in [6.45, 7) is 7.41. The van der Waals surface area contributed by atoms with Crippen LogP contribution in [0.2, 0.25) is 0 Å². The molecular weight excluding hydrogens is 395 g/mol. The smallest absolute Gasteiger partial charge is 0.268 e. The maximum Gasteiger partial charge on any atom is 0.268 e. The monoisotopic (exact) mass is 418 g/mol. The van der Waals surface area contributed by atoms with Gasteiger partial charge in [-0.15, -0.1) is 0 Å². The van der Waals surface area contributed by atoms with E-state index in [0.29, 0.717) is 0 Å². The van der Waals surface area contributed by atoms with Crippen molar-refractivity contribution in [3.63, 3.8) is 0 Å². The van der Waals surface area contributed by atoms with E-state index < -0.39 is 27.9 Å². The molecule has 2 aromatic rings. The zero-order chi connectivity index (χ0) is 21.6. The van der Waals surface area contributed by atoms with Crippen molar-refractivity contribution in [2.45, 2.75) is 38.6 Å². The second-order valence-corrected chi connectivity index (χ2v) is 9.84. The lowest BCUT2D eigenvalue weighted by Crippen LogP contribution is -2.36. The number of carbonyl (C=O) groups excluding carboxylic acids is 2. The van der Waals surface area contributed by atoms with E-state index in [9.17, 15) is 22.4 Å². The first-order valence-corrected chi connectivity index (χ1v) is 10.7. The van der Waals surface area contributed by atoms with Crippen molar-refractivity contribution in [2.24, 2.45) is 5.41 Å². The highest BCUT2D eigenvalue weighted by Gasteiger charge is 2.40. The lowest BCUT2D eigenvalue weighted by Gasteiger charge is -2.32. The Kier molecular flexibility index (Phi) is 5.25. The number of halogens is 1. The minimum atomic E-state index is -3.95. The quantitative estimate of drug-likeness (QED) is 0.824. The molecule has 2 amide bonds. The van der Waals surface area contributed by atoms with Gasteiger partial charge < -0.3 is 5.32 Å². The summed E-state index contributed by atoms with van der Waals surface area (Å²) in [5.74, 6) is -1.44. The molecule has 3 rings (SSSR count). The molecule has 0 aromatic heterocycles. The van der Waals surface area contributed by atoms with E-state index in [-0.39, 0.29) is 33.8 Å². The molecule has 0 radical (unpaired) electrons. The third-order valence-corrected chi connectivity index (χ3v) is 6.80. The van der Waals surface area contributed by atoms with Crippen LogP contribution in [0.5, 0.6) is 0 Å². The third-order valence-electron chi connectivity index (χ3n) is 4.90. The van der Waals surface area contributed by atoms with Gasteiger partial charge in [0.2, 0.25) is 0 Å². The average molecular weight is 418 g/mol. The molecule has 1 unspecified atom stereocenters. The van der Waals surface area contributed by atoms with Gasteiger partial charge in [0, 0.05) is 12.1 Å². The Balaban J connectivity index is 1.95. The van der Waals surface area contributed by atoms with Crippen molar-refractivity contribution < 1.29 is 22.4 Å². The Morgan fingerprint density at radius 2 is 1.76 bits per heavy atom. The van der Waals surface area contributed by atoms with Crippen LogP contribution in [-0.4, -0.2) is 31.1 Å². The van der Waals surface area contributed by atoms with Crippen molar-refractivity contribution >= 4 is 21.8 Å². The highest BCUT2D eigenvalue weighted by atomic mass is 32.2. The lowest BCUT2D eigenvalue weighted by molar-refractivity contribution is 0.0871. The number of sulfonamides is 1. The first-order chi connectivity index (χ1) is 13.5. The molecule has 6 nitrogen and oxygen atoms in total. The fourth-order valence-electron chi connectivity index (χ4n) is 3.40. The minimum absolute atomic E-state index is 0.0219. The molecule has 154 valence electrons. The Labute approximate surface area is 169 Å². The molecule has 8 heteroatoms. The number of nitrogens with one attached hydrogen (secondary N) is 1. The van der Waals surface area contributed by atoms with Crippen LogP contribution in [0, 0.1) is 11.2 Å². The van der Waals surface area contributed by atoms with E-state index in [1.807, 2.05) is 20.8 Å². The van der Waals surface area contributed by atoms with Gasteiger partial charge in [0.05, 0.1) is 11.6 Å². The summed E-state index contributed by atoms with van der Waals surface area (Å²) in [7, 11) is -3.95. The number of fused-ring (bicyclic) bond motifs is 1. The maximum absolute atomic E-state index is 13.3. The van der Waals surface area contributed by atoms with Gasteiger partial charge in [-0.1, -0.05) is 32.9 Å². The standard InChI is InChI=1S/C21H23FN2O4S/c1-5-24-20(26)16-11-8-14(12-17(16)29(24,27)28)19(25)23-18(21(2,3)4)13-6-9-15(22)10-7-13/h6-12,18H,5H2,1-4H3,(H,23,25). The molecule has 1 heterocycles. The molecule has 1 aliphatic rings. The summed E-state index contributed by atoms with van der Waals surface area (Å²) < 4.78 is 39.2. The van der Waals surface area contributed by atoms with E-state index in [1.165, 1.54) is 30.3 Å². The summed E-state index contributed by atoms with van der Waals surface area (Å²) in [5, 5.41) is 2.91. The molecule has 0 saturated heterocycles. The molecule has 0 saturated carbocycles. The molecule has 0 fully saturated rings. The average Bonchev–Trinajstić information content (AvgIpc) is 2.84. The Hall–Kier alpha value is -2.74. The van der Waals surface area contributed by atoms with Gasteiger partial charge in [-0.3, -0.25) is 9.59 Å². The van der Waals surface area contributed by atoms with E-state index in [0.717, 1.165) is 9.87 Å². The molecule has 0 aliphatic carbocycles. The molecule has 1 N–H and O–H groups in total. The molecule has 0 bridgehead atoms. The van der Waals surface area contributed by atoms with E-state index >= 15 is 0 Å². The maximum atomic E-state index is 13.3. The van der Waals surface area contributed by atoms with Crippen molar-refractivity contribution in [3.05, 3.63) is 65.0 Å². The van der Waals surface area contributed by atoms with Crippen molar-refractivity contribution in [2.75, 3.05) is 6.54 Å². The van der Waals surface area contributed by atoms with Crippen LogP contribution in [0.25, 0.3) is 0 Å². The normalized spacial score (nSPS) is 16.4. The fourth-order valence-corrected chi connectivity index (χ4v) is 5.00. The number of hydrogen-bond donors (Lipinski definition) is 1. The van der Waals surface area contributed by atoms with Gasteiger partial charge in [0.1, 0.15) is 10.7 Å². The molecule has 0 spiro atoms. The van der Waals surface area contributed by atoms with Crippen LogP contribution < -0.4 is 5.32 Å². The van der Waals surface area contributed by atoms with E-state index in [4.69, 9.17) is 0 Å². The van der Waals surface area contributed by atoms with E-state index in [2.05, 4.69) is 5.32 Å². The number of benzene rings is 2. The van der Waals surface area contributed by atoms with Gasteiger partial charge in [0.25, 0.3) is 21.8 Å². The van der Waals surface area contributed by atoms with Crippen LogP contribution >= 0.6 is 0 Å². The van der Waals surface area contributed by atoms with Crippen LogP contribution in [0.4, 0.5) is 4.39 Å². The summed E-state index contributed by atoms with van der Waals surface area (Å²) in [5.41, 5.74) is 0.544. The van der Waals surface area contributed by atoms with Crippen LogP contribution in [0.1, 0.15) is 60.0 Å². The predicted octanol–water partition coefficient (Wildman–Crippen LogP) is 3.51. The topological polar surface area (TPSA) is 83.6 Å². The summed E-state index contributed by atoms with van der Waals surface area (Å²) >= 11 is 0. The highest BCUT2D eigenvalue weighted by molar-refractivity contribution is 7.90. The number of carbonyl (C=O) groups is 2. The summed E-state index contributed by atoms with van der Waals surface area (Å²) in [4.78, 5) is 25.0. The van der Waals surface area contributed by atoms with E-state index in [1.54, 1.807) is 19.1 Å². The summed E-state index contributed by atoms with van der Waals surface area (Å²) in [6, 6.07) is 9.47. The predicted molar refractivity (Wildman–Crippen MR) is 106 cm³/mol. The number of amides is 2. The minimum Gasteiger partial charge on any atom is -0.345 e. The number of rotatable bonds is 4. The zero-order valence-corrected chi connectivity index (χ0v) is 17.5. The highest BCUT2D eigenvalue weighted by Crippen LogP contribution is 2.34. The largest absolute Gasteiger partial charge is 0.345 e. The molecule has 1 atom stereocenters. The van der Waals surface area contributed by atoms with Crippen LogP contribution in [0.3, 0.4) is 0 Å². The molecule has 2 aromatic carbocycles. The van der Waals surface area contributed by atoms with Gasteiger partial charge in [-0.05, 0) is 48.2 Å². The van der Waals surface area contributed by atoms with Crippen LogP contribution in [-0.2, 0) is 10.0 Å². The van der Waals surface area contributed by atoms with Crippen LogP contribution in [0.15, 0.2) is 47.4 Å². The van der Waals surface area contributed by atoms with Gasteiger partial charge >= 0.3 is 0 Å². The fraction of sp³-hybridized carbons (Fsp3) is 0.333. The van der Waals surface area contributed by atoms with Crippen molar-refractivity contribution in [3.8, 4) is 0 Å². The third kappa shape index (κ3) is 3.76. The van der Waals surface area contributed by atoms with Gasteiger partial charge in [-0.2, -0.15) is 0 Å². The lowest BCUT2D eigenvalue weighted by atomic mass is 9.82. The second-order valence-electron chi connectivity index (χ2n) is 8.01. The SMILES string of the molecule is CCN1C(=O)c2ccc(C(=O)NC(c3ccc(F)cc3)C(C)(C)C)cc2S1(=O)=O. The van der Waals surface area contributed by atoms with Crippen molar-refractivity contribution in [1.29, 1.82) is 0 Å². The second kappa shape index (κ2) is 7.26. The van der Waals surface area contributed by atoms with Gasteiger partial charge in [0.15, 0.2) is 0 Å². The Bertz CT molecular complexity index is 1070. The Morgan fingerprint density at radius 3 is 2.31 bits per heavy atom. The first kappa shape index (κ1) is 21.0. The van der Waals surface area contributed by atoms with Crippen molar-refractivity contribution in [1.82, 2.24) is 9.62 Å². The molecule has 29 heavy (non-hydrogen) atoms. The Morgan fingerprint density at radius 1 is 1.14 bits per heavy atom. The zero-order valence-electron chi connectivity index (χ0n) is 16.7. The summed E-state index contributed by atoms with van der Waals surface area (Å²) in [6.07, 6.45) is 0. The van der Waals surface area contributed by atoms with Gasteiger partial charge in [-0.25, -0.2) is 17.1 Å². The number of nitrogens with zero attached hydrogens (tertiary/aromatic N) is 1. The number of hydrogen-bond acceptors (Lipinski definition) is 4. The molecular formula is C21H23FN2O4S. The molecule has 1 aliphatic heterocycles.